The van der Waals surface area contributed by atoms with Crippen LogP contribution in [0.4, 0.5) is 0 Å². The highest BCUT2D eigenvalue weighted by molar-refractivity contribution is 5.96. The first kappa shape index (κ1) is 22.5. The second-order valence-corrected chi connectivity index (χ2v) is 10.0. The Balaban J connectivity index is 1.70. The first-order valence-corrected chi connectivity index (χ1v) is 11.0. The molecule has 0 aromatic heterocycles. The van der Waals surface area contributed by atoms with Gasteiger partial charge in [-0.05, 0) is 54.4 Å². The van der Waals surface area contributed by atoms with Crippen LogP contribution in [0.5, 0.6) is 0 Å². The van der Waals surface area contributed by atoms with Crippen molar-refractivity contribution in [1.82, 2.24) is 0 Å². The van der Waals surface area contributed by atoms with Crippen molar-refractivity contribution in [2.75, 3.05) is 14.2 Å². The molecular weight excluding hydrogens is 394 g/mol. The van der Waals surface area contributed by atoms with E-state index >= 15 is 0 Å². The van der Waals surface area contributed by atoms with E-state index in [9.17, 15) is 9.90 Å². The lowest BCUT2D eigenvalue weighted by Crippen LogP contribution is -2.57. The molecule has 1 radical (unpaired) electrons. The lowest BCUT2D eigenvalue weighted by molar-refractivity contribution is -0.254. The molecule has 0 aromatic rings. The average molecular weight is 429 g/mol. The first-order chi connectivity index (χ1) is 14.6. The molecule has 2 bridgehead atoms. The fraction of sp³-hybridized carbons (Fsp3) is 0.600. The summed E-state index contributed by atoms with van der Waals surface area (Å²) in [6, 6.07) is 0. The standard InChI is InChI=1S/C25H34NO5/c1-23(2)10-7-16(8-11-23)19-13-17(21(26)27)5-6-20(19)24(28)14-18-9-12-25(15-24,31-18)22(29-3)30-4/h5,7,9,12-13,18,22,28H,6,8,10-11,14-15H2,1-4H3,(H2,26,27). The zero-order valence-corrected chi connectivity index (χ0v) is 18.9. The highest BCUT2D eigenvalue weighted by atomic mass is 16.7. The van der Waals surface area contributed by atoms with Gasteiger partial charge in [-0.2, -0.15) is 0 Å². The molecular formula is C25H34NO5. The number of carbonyl (C=O) groups is 1. The zero-order chi connectivity index (χ0) is 22.4. The number of carbonyl (C=O) groups excluding carboxylic acids is 1. The normalized spacial score (nSPS) is 35.0. The minimum absolute atomic E-state index is 0.221. The van der Waals surface area contributed by atoms with Gasteiger partial charge in [-0.15, -0.1) is 0 Å². The number of rotatable bonds is 6. The summed E-state index contributed by atoms with van der Waals surface area (Å²) in [6.45, 7) is 4.54. The van der Waals surface area contributed by atoms with Crippen molar-refractivity contribution in [2.45, 2.75) is 76.0 Å². The van der Waals surface area contributed by atoms with Crippen molar-refractivity contribution in [2.24, 2.45) is 11.1 Å². The fourth-order valence-electron chi connectivity index (χ4n) is 5.49. The van der Waals surface area contributed by atoms with E-state index in [2.05, 4.69) is 19.9 Å². The maximum atomic E-state index is 12.0. The number of primary amides is 1. The molecule has 4 aliphatic rings. The van der Waals surface area contributed by atoms with E-state index in [0.29, 0.717) is 24.8 Å². The molecule has 0 saturated carbocycles. The predicted molar refractivity (Wildman–Crippen MR) is 118 cm³/mol. The van der Waals surface area contributed by atoms with E-state index in [-0.39, 0.29) is 11.5 Å². The number of allylic oxidation sites excluding steroid dienone is 3. The quantitative estimate of drug-likeness (QED) is 0.500. The van der Waals surface area contributed by atoms with Crippen molar-refractivity contribution in [3.8, 4) is 0 Å². The van der Waals surface area contributed by atoms with Gasteiger partial charge in [-0.25, -0.2) is 0 Å². The largest absolute Gasteiger partial charge is 0.389 e. The molecule has 0 aromatic carbocycles. The molecule has 6 heteroatoms. The summed E-state index contributed by atoms with van der Waals surface area (Å²) in [5.74, 6) is 0.486. The number of ether oxygens (including phenoxy) is 3. The molecule has 3 atom stereocenters. The van der Waals surface area contributed by atoms with Gasteiger partial charge in [0, 0.05) is 38.6 Å². The average Bonchev–Trinajstić information content (AvgIpc) is 3.04. The van der Waals surface area contributed by atoms with Crippen LogP contribution in [0.25, 0.3) is 0 Å². The molecule has 3 unspecified atom stereocenters. The van der Waals surface area contributed by atoms with Crippen molar-refractivity contribution in [3.05, 3.63) is 53.0 Å². The smallest absolute Gasteiger partial charge is 0.248 e. The molecule has 1 saturated heterocycles. The maximum absolute atomic E-state index is 12.0. The van der Waals surface area contributed by atoms with Crippen molar-refractivity contribution in [3.63, 3.8) is 0 Å². The van der Waals surface area contributed by atoms with Gasteiger partial charge in [0.2, 0.25) is 5.91 Å². The summed E-state index contributed by atoms with van der Waals surface area (Å²) in [5, 5.41) is 12.0. The lowest BCUT2D eigenvalue weighted by Gasteiger charge is -2.49. The minimum Gasteiger partial charge on any atom is -0.389 e. The number of amides is 1. The molecule has 2 heterocycles. The van der Waals surface area contributed by atoms with Crippen LogP contribution in [0, 0.1) is 11.3 Å². The van der Waals surface area contributed by atoms with Crippen LogP contribution < -0.4 is 5.73 Å². The highest BCUT2D eigenvalue weighted by Gasteiger charge is 2.58. The fourth-order valence-corrected chi connectivity index (χ4v) is 5.49. The van der Waals surface area contributed by atoms with Gasteiger partial charge in [0.05, 0.1) is 11.7 Å². The topological polar surface area (TPSA) is 91.0 Å². The van der Waals surface area contributed by atoms with Gasteiger partial charge < -0.3 is 25.1 Å². The summed E-state index contributed by atoms with van der Waals surface area (Å²) < 4.78 is 17.3. The van der Waals surface area contributed by atoms with E-state index in [0.717, 1.165) is 30.8 Å². The Hall–Kier alpha value is -1.73. The van der Waals surface area contributed by atoms with E-state index in [1.165, 1.54) is 5.57 Å². The number of methoxy groups -OCH3 is 2. The van der Waals surface area contributed by atoms with E-state index in [1.54, 1.807) is 14.2 Å². The third-order valence-electron chi connectivity index (χ3n) is 7.21. The number of aliphatic hydroxyl groups is 1. The number of hydrogen-bond acceptors (Lipinski definition) is 5. The molecule has 31 heavy (non-hydrogen) atoms. The van der Waals surface area contributed by atoms with Gasteiger partial charge in [0.1, 0.15) is 5.60 Å². The zero-order valence-electron chi connectivity index (χ0n) is 18.9. The lowest BCUT2D eigenvalue weighted by atomic mass is 9.65. The monoisotopic (exact) mass is 428 g/mol. The summed E-state index contributed by atoms with van der Waals surface area (Å²) in [7, 11) is 3.16. The second kappa shape index (κ2) is 8.00. The van der Waals surface area contributed by atoms with Gasteiger partial charge in [0.25, 0.3) is 0 Å². The van der Waals surface area contributed by atoms with E-state index in [4.69, 9.17) is 19.9 Å². The summed E-state index contributed by atoms with van der Waals surface area (Å²) in [5.41, 5.74) is 6.54. The van der Waals surface area contributed by atoms with Crippen LogP contribution in [-0.2, 0) is 19.0 Å². The van der Waals surface area contributed by atoms with Crippen LogP contribution >= 0.6 is 0 Å². The first-order valence-electron chi connectivity index (χ1n) is 11.0. The summed E-state index contributed by atoms with van der Waals surface area (Å²) in [6.07, 6.45) is 13.3. The summed E-state index contributed by atoms with van der Waals surface area (Å²) >= 11 is 0. The molecule has 6 nitrogen and oxygen atoms in total. The predicted octanol–water partition coefficient (Wildman–Crippen LogP) is 3.28. The van der Waals surface area contributed by atoms with Crippen LogP contribution in [-0.4, -0.2) is 48.8 Å². The molecule has 2 aliphatic heterocycles. The van der Waals surface area contributed by atoms with Gasteiger partial charge >= 0.3 is 0 Å². The van der Waals surface area contributed by atoms with Crippen LogP contribution in [0.2, 0.25) is 0 Å². The molecule has 1 fully saturated rings. The van der Waals surface area contributed by atoms with Crippen molar-refractivity contribution in [1.29, 1.82) is 0 Å². The Kier molecular flexibility index (Phi) is 5.80. The maximum Gasteiger partial charge on any atom is 0.248 e. The Morgan fingerprint density at radius 1 is 1.29 bits per heavy atom. The molecule has 2 aliphatic carbocycles. The Morgan fingerprint density at radius 3 is 2.65 bits per heavy atom. The van der Waals surface area contributed by atoms with Crippen molar-refractivity contribution < 1.29 is 24.1 Å². The SMILES string of the molecule is COC(OC)C12C=CC(CC(O)([C]3CC=C(C(N)=O)C=C3C3=CCC(C)(C)CC3)C1)O2. The van der Waals surface area contributed by atoms with Crippen LogP contribution in [0.3, 0.4) is 0 Å². The molecule has 4 rings (SSSR count). The van der Waals surface area contributed by atoms with Gasteiger partial charge in [0.15, 0.2) is 6.29 Å². The number of nitrogens with two attached hydrogens (primary N) is 1. The Morgan fingerprint density at radius 2 is 2.03 bits per heavy atom. The van der Waals surface area contributed by atoms with Gasteiger partial charge in [-0.1, -0.05) is 32.1 Å². The molecule has 3 N–H and O–H groups in total. The van der Waals surface area contributed by atoms with Crippen LogP contribution in [0.1, 0.15) is 52.4 Å². The molecule has 1 amide bonds. The number of fused-ring (bicyclic) bond motifs is 2. The number of hydrogen-bond donors (Lipinski definition) is 2. The van der Waals surface area contributed by atoms with Crippen LogP contribution in [0.15, 0.2) is 47.1 Å². The molecule has 169 valence electrons. The minimum atomic E-state index is -1.11. The molecule has 0 spiro atoms. The van der Waals surface area contributed by atoms with Crippen molar-refractivity contribution >= 4 is 5.91 Å². The van der Waals surface area contributed by atoms with Gasteiger partial charge in [-0.3, -0.25) is 4.79 Å². The summed E-state index contributed by atoms with van der Waals surface area (Å²) in [4.78, 5) is 11.9. The Bertz CT molecular complexity index is 865. The van der Waals surface area contributed by atoms with E-state index < -0.39 is 23.4 Å². The highest BCUT2D eigenvalue weighted by Crippen LogP contribution is 2.53. The Labute approximate surface area is 184 Å². The third kappa shape index (κ3) is 4.07. The van der Waals surface area contributed by atoms with E-state index in [1.807, 2.05) is 24.3 Å². The third-order valence-corrected chi connectivity index (χ3v) is 7.21. The second-order valence-electron chi connectivity index (χ2n) is 10.0.